The van der Waals surface area contributed by atoms with Crippen LogP contribution in [0.3, 0.4) is 0 Å². The summed E-state index contributed by atoms with van der Waals surface area (Å²) in [4.78, 5) is 15.7. The highest BCUT2D eigenvalue weighted by atomic mass is 35.5. The predicted octanol–water partition coefficient (Wildman–Crippen LogP) is 1.85. The van der Waals surface area contributed by atoms with Gasteiger partial charge in [0.1, 0.15) is 0 Å². The third-order valence-electron chi connectivity index (χ3n) is 2.30. The van der Waals surface area contributed by atoms with Crippen LogP contribution in [0.5, 0.6) is 0 Å². The van der Waals surface area contributed by atoms with E-state index in [4.69, 9.17) is 11.6 Å². The highest BCUT2D eigenvalue weighted by Gasteiger charge is 2.12. The summed E-state index contributed by atoms with van der Waals surface area (Å²) < 4.78 is 1.50. The van der Waals surface area contributed by atoms with Gasteiger partial charge in [0.2, 0.25) is 0 Å². The van der Waals surface area contributed by atoms with Crippen molar-refractivity contribution >= 4 is 17.4 Å². The van der Waals surface area contributed by atoms with Gasteiger partial charge >= 0.3 is 0 Å². The van der Waals surface area contributed by atoms with Crippen LogP contribution in [0.15, 0.2) is 17.2 Å². The van der Waals surface area contributed by atoms with Gasteiger partial charge in [0, 0.05) is 31.4 Å². The molecule has 90 valence electrons. The number of nitrogens with one attached hydrogen (secondary N) is 1. The first-order chi connectivity index (χ1) is 7.54. The summed E-state index contributed by atoms with van der Waals surface area (Å²) >= 11 is 5.85. The second kappa shape index (κ2) is 5.89. The molecule has 1 heterocycles. The van der Waals surface area contributed by atoms with E-state index in [0.29, 0.717) is 17.6 Å². The second-order valence-corrected chi connectivity index (χ2v) is 4.63. The second-order valence-electron chi connectivity index (χ2n) is 4.32. The quantitative estimate of drug-likeness (QED) is 0.803. The van der Waals surface area contributed by atoms with E-state index in [9.17, 15) is 4.79 Å². The highest BCUT2D eigenvalue weighted by molar-refractivity contribution is 6.18. The molecule has 0 saturated heterocycles. The Morgan fingerprint density at radius 2 is 2.25 bits per heavy atom. The number of hydrogen-bond acceptors (Lipinski definition) is 3. The molecule has 0 fully saturated rings. The number of aromatic nitrogens is 2. The molecule has 0 saturated carbocycles. The lowest BCUT2D eigenvalue weighted by Crippen LogP contribution is -2.30. The first-order valence-electron chi connectivity index (χ1n) is 5.38. The van der Waals surface area contributed by atoms with Gasteiger partial charge in [0.25, 0.3) is 5.56 Å². The smallest absolute Gasteiger partial charge is 0.293 e. The number of rotatable bonds is 5. The van der Waals surface area contributed by atoms with Crippen molar-refractivity contribution in [2.24, 2.45) is 13.0 Å². The third kappa shape index (κ3) is 3.52. The fourth-order valence-electron chi connectivity index (χ4n) is 1.52. The summed E-state index contributed by atoms with van der Waals surface area (Å²) in [6.45, 7) is 4.25. The van der Waals surface area contributed by atoms with E-state index < -0.39 is 0 Å². The Labute approximate surface area is 101 Å². The number of aryl methyl sites for hydroxylation is 1. The Morgan fingerprint density at radius 3 is 2.81 bits per heavy atom. The Bertz CT molecular complexity index is 389. The van der Waals surface area contributed by atoms with E-state index in [2.05, 4.69) is 24.1 Å². The van der Waals surface area contributed by atoms with Gasteiger partial charge < -0.3 is 9.88 Å². The molecule has 0 aliphatic rings. The first kappa shape index (κ1) is 13.0. The Morgan fingerprint density at radius 1 is 1.56 bits per heavy atom. The van der Waals surface area contributed by atoms with Crippen LogP contribution < -0.4 is 10.9 Å². The number of alkyl halides is 1. The Kier molecular flexibility index (Phi) is 4.80. The average molecular weight is 244 g/mol. The molecule has 1 aromatic rings. The standard InChI is InChI=1S/C11H18ClN3O/c1-8(2)6-9(7-12)14-10-11(16)15(3)5-4-13-10/h4-5,8-9H,6-7H2,1-3H3,(H,13,14). The van der Waals surface area contributed by atoms with E-state index >= 15 is 0 Å². The van der Waals surface area contributed by atoms with E-state index in [0.717, 1.165) is 6.42 Å². The lowest BCUT2D eigenvalue weighted by atomic mass is 10.1. The fourth-order valence-corrected chi connectivity index (χ4v) is 1.72. The zero-order valence-electron chi connectivity index (χ0n) is 9.90. The zero-order valence-corrected chi connectivity index (χ0v) is 10.7. The molecule has 0 amide bonds. The maximum Gasteiger partial charge on any atom is 0.293 e. The lowest BCUT2D eigenvalue weighted by molar-refractivity contribution is 0.540. The van der Waals surface area contributed by atoms with Gasteiger partial charge in [-0.2, -0.15) is 0 Å². The Balaban J connectivity index is 2.78. The predicted molar refractivity (Wildman–Crippen MR) is 67.1 cm³/mol. The summed E-state index contributed by atoms with van der Waals surface area (Å²) in [5.74, 6) is 1.37. The van der Waals surface area contributed by atoms with Crippen LogP contribution in [0.2, 0.25) is 0 Å². The van der Waals surface area contributed by atoms with Crippen LogP contribution in [-0.4, -0.2) is 21.5 Å². The Hall–Kier alpha value is -1.03. The molecular weight excluding hydrogens is 226 g/mol. The molecule has 1 atom stereocenters. The maximum absolute atomic E-state index is 11.7. The van der Waals surface area contributed by atoms with Gasteiger partial charge in [-0.1, -0.05) is 13.8 Å². The minimum absolute atomic E-state index is 0.0873. The molecular formula is C11H18ClN3O. The lowest BCUT2D eigenvalue weighted by Gasteiger charge is -2.18. The van der Waals surface area contributed by atoms with Gasteiger partial charge in [0.05, 0.1) is 0 Å². The van der Waals surface area contributed by atoms with Gasteiger partial charge in [-0.15, -0.1) is 11.6 Å². The average Bonchev–Trinajstić information content (AvgIpc) is 2.23. The van der Waals surface area contributed by atoms with Gasteiger partial charge in [-0.05, 0) is 12.3 Å². The fraction of sp³-hybridized carbons (Fsp3) is 0.636. The minimum atomic E-state index is -0.124. The van der Waals surface area contributed by atoms with E-state index in [1.54, 1.807) is 19.4 Å². The maximum atomic E-state index is 11.7. The molecule has 16 heavy (non-hydrogen) atoms. The van der Waals surface area contributed by atoms with Crippen LogP contribution in [0.25, 0.3) is 0 Å². The SMILES string of the molecule is CC(C)CC(CCl)Nc1nccn(C)c1=O. The number of hydrogen-bond donors (Lipinski definition) is 1. The van der Waals surface area contributed by atoms with Crippen molar-refractivity contribution in [3.05, 3.63) is 22.7 Å². The van der Waals surface area contributed by atoms with Crippen LogP contribution >= 0.6 is 11.6 Å². The highest BCUT2D eigenvalue weighted by Crippen LogP contribution is 2.09. The van der Waals surface area contributed by atoms with Crippen molar-refractivity contribution in [1.82, 2.24) is 9.55 Å². The topological polar surface area (TPSA) is 46.9 Å². The van der Waals surface area contributed by atoms with Crippen LogP contribution in [-0.2, 0) is 7.05 Å². The summed E-state index contributed by atoms with van der Waals surface area (Å²) in [6, 6.07) is 0.0873. The summed E-state index contributed by atoms with van der Waals surface area (Å²) in [6.07, 6.45) is 4.15. The van der Waals surface area contributed by atoms with Crippen molar-refractivity contribution in [3.63, 3.8) is 0 Å². The van der Waals surface area contributed by atoms with E-state index in [1.807, 2.05) is 0 Å². The van der Waals surface area contributed by atoms with Crippen LogP contribution in [0, 0.1) is 5.92 Å². The molecule has 0 aromatic carbocycles. The normalized spacial score (nSPS) is 12.8. The third-order valence-corrected chi connectivity index (χ3v) is 2.67. The molecule has 0 bridgehead atoms. The summed E-state index contributed by atoms with van der Waals surface area (Å²) in [5.41, 5.74) is -0.124. The molecule has 0 aliphatic heterocycles. The summed E-state index contributed by atoms with van der Waals surface area (Å²) in [5, 5.41) is 3.09. The van der Waals surface area contributed by atoms with E-state index in [-0.39, 0.29) is 11.6 Å². The summed E-state index contributed by atoms with van der Waals surface area (Å²) in [7, 11) is 1.70. The monoisotopic (exact) mass is 243 g/mol. The molecule has 1 rings (SSSR count). The number of nitrogens with zero attached hydrogens (tertiary/aromatic N) is 2. The molecule has 1 aromatic heterocycles. The first-order valence-corrected chi connectivity index (χ1v) is 5.92. The van der Waals surface area contributed by atoms with Crippen molar-refractivity contribution in [2.45, 2.75) is 26.3 Å². The molecule has 0 aliphatic carbocycles. The molecule has 0 spiro atoms. The van der Waals surface area contributed by atoms with Crippen molar-refractivity contribution in [1.29, 1.82) is 0 Å². The zero-order chi connectivity index (χ0) is 12.1. The number of anilines is 1. The molecule has 5 heteroatoms. The minimum Gasteiger partial charge on any atom is -0.362 e. The van der Waals surface area contributed by atoms with E-state index in [1.165, 1.54) is 4.57 Å². The van der Waals surface area contributed by atoms with Gasteiger partial charge in [0.15, 0.2) is 5.82 Å². The van der Waals surface area contributed by atoms with Crippen LogP contribution in [0.1, 0.15) is 20.3 Å². The van der Waals surface area contributed by atoms with Crippen molar-refractivity contribution < 1.29 is 0 Å². The molecule has 1 unspecified atom stereocenters. The number of halogens is 1. The van der Waals surface area contributed by atoms with Gasteiger partial charge in [-0.3, -0.25) is 4.79 Å². The van der Waals surface area contributed by atoms with Crippen LogP contribution in [0.4, 0.5) is 5.82 Å². The molecule has 1 N–H and O–H groups in total. The largest absolute Gasteiger partial charge is 0.362 e. The van der Waals surface area contributed by atoms with Crippen molar-refractivity contribution in [2.75, 3.05) is 11.2 Å². The van der Waals surface area contributed by atoms with Crippen molar-refractivity contribution in [3.8, 4) is 0 Å². The molecule has 0 radical (unpaired) electrons. The van der Waals surface area contributed by atoms with Gasteiger partial charge in [-0.25, -0.2) is 4.98 Å². The molecule has 4 nitrogen and oxygen atoms in total.